The second-order valence-corrected chi connectivity index (χ2v) is 5.50. The van der Waals surface area contributed by atoms with Crippen LogP contribution in [0.25, 0.3) is 0 Å². The second kappa shape index (κ2) is 7.36. The highest BCUT2D eigenvalue weighted by atomic mass is 35.5. The first-order valence-electron chi connectivity index (χ1n) is 7.17. The molecule has 2 rings (SSSR count). The molecule has 5 heteroatoms. The maximum Gasteiger partial charge on any atom is 0.287 e. The molecule has 1 N–H and O–H groups in total. The normalized spacial score (nSPS) is 12.0. The molecule has 1 amide bonds. The molecule has 1 atom stereocenters. The van der Waals surface area contributed by atoms with Crippen molar-refractivity contribution in [1.29, 1.82) is 0 Å². The van der Waals surface area contributed by atoms with E-state index in [-0.39, 0.29) is 23.7 Å². The molecule has 0 saturated heterocycles. The molecule has 0 saturated carbocycles. The van der Waals surface area contributed by atoms with Crippen LogP contribution in [0.2, 0.25) is 0 Å². The topological polar surface area (TPSA) is 51.5 Å². The second-order valence-electron chi connectivity index (χ2n) is 5.24. The number of ether oxygens (including phenoxy) is 1. The molecule has 1 heterocycles. The van der Waals surface area contributed by atoms with Crippen LogP contribution >= 0.6 is 11.6 Å². The molecular formula is C17H20ClNO3. The van der Waals surface area contributed by atoms with Gasteiger partial charge < -0.3 is 14.5 Å². The molecule has 2 aromatic rings. The summed E-state index contributed by atoms with van der Waals surface area (Å²) in [6, 6.07) is 9.24. The molecule has 0 fully saturated rings. The van der Waals surface area contributed by atoms with Gasteiger partial charge in [0, 0.05) is 0 Å². The van der Waals surface area contributed by atoms with E-state index in [1.165, 1.54) is 5.56 Å². The summed E-state index contributed by atoms with van der Waals surface area (Å²) in [6.45, 7) is 6.37. The van der Waals surface area contributed by atoms with Crippen LogP contribution in [0.1, 0.15) is 34.4 Å². The van der Waals surface area contributed by atoms with Gasteiger partial charge in [-0.3, -0.25) is 4.79 Å². The van der Waals surface area contributed by atoms with Crippen LogP contribution in [-0.4, -0.2) is 18.6 Å². The van der Waals surface area contributed by atoms with E-state index in [0.29, 0.717) is 12.3 Å². The molecule has 0 aliphatic heterocycles. The minimum atomic E-state index is -0.271. The van der Waals surface area contributed by atoms with Gasteiger partial charge in [0.05, 0.1) is 12.4 Å². The Morgan fingerprint density at radius 1 is 1.32 bits per heavy atom. The fourth-order valence-electron chi connectivity index (χ4n) is 2.01. The maximum absolute atomic E-state index is 11.9. The van der Waals surface area contributed by atoms with E-state index in [9.17, 15) is 4.79 Å². The predicted octanol–water partition coefficient (Wildman–Crippen LogP) is 3.83. The Balaban J connectivity index is 1.88. The number of alkyl halides is 1. The summed E-state index contributed by atoms with van der Waals surface area (Å²) in [5.74, 6) is 1.65. The minimum Gasteiger partial charge on any atom is -0.489 e. The monoisotopic (exact) mass is 321 g/mol. The summed E-state index contributed by atoms with van der Waals surface area (Å²) in [6.07, 6.45) is -0.146. The third-order valence-corrected chi connectivity index (χ3v) is 3.71. The predicted molar refractivity (Wildman–Crippen MR) is 86.6 cm³/mol. The number of furan rings is 1. The molecule has 118 valence electrons. The van der Waals surface area contributed by atoms with Crippen molar-refractivity contribution in [2.45, 2.75) is 32.8 Å². The van der Waals surface area contributed by atoms with Crippen molar-refractivity contribution in [1.82, 2.24) is 5.32 Å². The molecule has 4 nitrogen and oxygen atoms in total. The molecule has 1 aromatic heterocycles. The SMILES string of the molecule is Cc1cccc(OC(C)CNC(=O)c2ccc(CCl)o2)c1C. The summed E-state index contributed by atoms with van der Waals surface area (Å²) < 4.78 is 11.2. The largest absolute Gasteiger partial charge is 0.489 e. The van der Waals surface area contributed by atoms with Crippen molar-refractivity contribution < 1.29 is 13.9 Å². The number of carbonyl (C=O) groups excluding carboxylic acids is 1. The fraction of sp³-hybridized carbons (Fsp3) is 0.353. The van der Waals surface area contributed by atoms with E-state index < -0.39 is 0 Å². The first-order valence-corrected chi connectivity index (χ1v) is 7.70. The van der Waals surface area contributed by atoms with Gasteiger partial charge in [-0.25, -0.2) is 0 Å². The first-order chi connectivity index (χ1) is 10.5. The highest BCUT2D eigenvalue weighted by Crippen LogP contribution is 2.21. The van der Waals surface area contributed by atoms with Crippen molar-refractivity contribution in [2.75, 3.05) is 6.54 Å². The Morgan fingerprint density at radius 3 is 2.77 bits per heavy atom. The number of aryl methyl sites for hydroxylation is 1. The number of hydrogen-bond acceptors (Lipinski definition) is 3. The van der Waals surface area contributed by atoms with Crippen molar-refractivity contribution >= 4 is 17.5 Å². The lowest BCUT2D eigenvalue weighted by atomic mass is 10.1. The van der Waals surface area contributed by atoms with Crippen LogP contribution < -0.4 is 10.1 Å². The molecule has 1 aromatic carbocycles. The zero-order valence-electron chi connectivity index (χ0n) is 13.0. The third-order valence-electron chi connectivity index (χ3n) is 3.45. The number of hydrogen-bond donors (Lipinski definition) is 1. The van der Waals surface area contributed by atoms with Gasteiger partial charge in [0.15, 0.2) is 5.76 Å². The lowest BCUT2D eigenvalue weighted by Gasteiger charge is -2.17. The summed E-state index contributed by atoms with van der Waals surface area (Å²) >= 11 is 5.64. The summed E-state index contributed by atoms with van der Waals surface area (Å²) in [5.41, 5.74) is 2.29. The van der Waals surface area contributed by atoms with Crippen LogP contribution in [0.5, 0.6) is 5.75 Å². The average molecular weight is 322 g/mol. The lowest BCUT2D eigenvalue weighted by molar-refractivity contribution is 0.0903. The molecule has 1 unspecified atom stereocenters. The van der Waals surface area contributed by atoms with Crippen molar-refractivity contribution in [3.8, 4) is 5.75 Å². The van der Waals surface area contributed by atoms with E-state index in [0.717, 1.165) is 11.3 Å². The third kappa shape index (κ3) is 4.04. The zero-order chi connectivity index (χ0) is 16.1. The summed E-state index contributed by atoms with van der Waals surface area (Å²) in [5, 5.41) is 2.79. The van der Waals surface area contributed by atoms with Gasteiger partial charge >= 0.3 is 0 Å². The fourth-order valence-corrected chi connectivity index (χ4v) is 2.15. The highest BCUT2D eigenvalue weighted by molar-refractivity contribution is 6.16. The standard InChI is InChI=1S/C17H20ClNO3/c1-11-5-4-6-15(13(11)3)21-12(2)10-19-17(20)16-8-7-14(9-18)22-16/h4-8,12H,9-10H2,1-3H3,(H,19,20). The number of amides is 1. The molecular weight excluding hydrogens is 302 g/mol. The van der Waals surface area contributed by atoms with Crippen molar-refractivity contribution in [3.63, 3.8) is 0 Å². The van der Waals surface area contributed by atoms with Crippen LogP contribution in [0, 0.1) is 13.8 Å². The van der Waals surface area contributed by atoms with Gasteiger partial charge in [0.25, 0.3) is 5.91 Å². The Hall–Kier alpha value is -1.94. The van der Waals surface area contributed by atoms with Crippen molar-refractivity contribution in [3.05, 3.63) is 53.0 Å². The Labute approximate surface area is 135 Å². The molecule has 22 heavy (non-hydrogen) atoms. The van der Waals surface area contributed by atoms with E-state index in [1.807, 2.05) is 39.0 Å². The van der Waals surface area contributed by atoms with E-state index in [1.54, 1.807) is 12.1 Å². The number of benzene rings is 1. The zero-order valence-corrected chi connectivity index (χ0v) is 13.7. The number of carbonyl (C=O) groups is 1. The average Bonchev–Trinajstić information content (AvgIpc) is 2.98. The van der Waals surface area contributed by atoms with Gasteiger partial charge in [0.1, 0.15) is 17.6 Å². The van der Waals surface area contributed by atoms with Crippen molar-refractivity contribution in [2.24, 2.45) is 0 Å². The molecule has 0 bridgehead atoms. The van der Waals surface area contributed by atoms with Gasteiger partial charge in [-0.05, 0) is 50.1 Å². The highest BCUT2D eigenvalue weighted by Gasteiger charge is 2.13. The Morgan fingerprint density at radius 2 is 2.09 bits per heavy atom. The van der Waals surface area contributed by atoms with Crippen LogP contribution in [0.3, 0.4) is 0 Å². The summed E-state index contributed by atoms with van der Waals surface area (Å²) in [4.78, 5) is 11.9. The van der Waals surface area contributed by atoms with Crippen LogP contribution in [0.15, 0.2) is 34.7 Å². The Kier molecular flexibility index (Phi) is 5.50. The quantitative estimate of drug-likeness (QED) is 0.823. The summed E-state index contributed by atoms with van der Waals surface area (Å²) in [7, 11) is 0. The maximum atomic E-state index is 11.9. The number of nitrogens with one attached hydrogen (secondary N) is 1. The first kappa shape index (κ1) is 16.4. The molecule has 0 radical (unpaired) electrons. The molecule has 0 aliphatic rings. The van der Waals surface area contributed by atoms with Crippen LogP contribution in [-0.2, 0) is 5.88 Å². The van der Waals surface area contributed by atoms with E-state index in [4.69, 9.17) is 20.8 Å². The number of halogens is 1. The van der Waals surface area contributed by atoms with E-state index in [2.05, 4.69) is 5.32 Å². The van der Waals surface area contributed by atoms with Gasteiger partial charge in [-0.15, -0.1) is 11.6 Å². The Bertz CT molecular complexity index is 651. The lowest BCUT2D eigenvalue weighted by Crippen LogP contribution is -2.33. The molecule has 0 spiro atoms. The smallest absolute Gasteiger partial charge is 0.287 e. The number of rotatable bonds is 6. The van der Waals surface area contributed by atoms with Gasteiger partial charge in [-0.1, -0.05) is 12.1 Å². The van der Waals surface area contributed by atoms with Gasteiger partial charge in [-0.2, -0.15) is 0 Å². The van der Waals surface area contributed by atoms with Gasteiger partial charge in [0.2, 0.25) is 0 Å². The molecule has 0 aliphatic carbocycles. The van der Waals surface area contributed by atoms with E-state index >= 15 is 0 Å². The minimum absolute atomic E-state index is 0.146. The van der Waals surface area contributed by atoms with Crippen LogP contribution in [0.4, 0.5) is 0 Å².